The molecule has 0 aliphatic heterocycles. The van der Waals surface area contributed by atoms with Crippen LogP contribution in [0.3, 0.4) is 0 Å². The van der Waals surface area contributed by atoms with Crippen LogP contribution in [0.15, 0.2) is 12.2 Å². The van der Waals surface area contributed by atoms with Crippen molar-refractivity contribution in [3.8, 4) is 0 Å². The Kier molecular flexibility index (Phi) is 5.60. The highest BCUT2D eigenvalue weighted by molar-refractivity contribution is 7.90. The summed E-state index contributed by atoms with van der Waals surface area (Å²) in [6, 6.07) is 0. The molecule has 2 nitrogen and oxygen atoms in total. The molecule has 4 heteroatoms. The van der Waals surface area contributed by atoms with E-state index < -0.39 is 9.84 Å². The van der Waals surface area contributed by atoms with Crippen LogP contribution in [-0.2, 0) is 9.84 Å². The molecule has 0 saturated carbocycles. The molecule has 0 fully saturated rings. The second-order valence-corrected chi connectivity index (χ2v) is 5.01. The first kappa shape index (κ1) is 11.0. The third kappa shape index (κ3) is 9.98. The summed E-state index contributed by atoms with van der Waals surface area (Å²) in [7, 11) is -2.80. The van der Waals surface area contributed by atoms with Gasteiger partial charge in [-0.1, -0.05) is 12.2 Å². The van der Waals surface area contributed by atoms with E-state index in [2.05, 4.69) is 0 Å². The molecule has 0 rings (SSSR count). The van der Waals surface area contributed by atoms with Gasteiger partial charge < -0.3 is 0 Å². The largest absolute Gasteiger partial charge is 0.229 e. The Morgan fingerprint density at radius 1 is 1.27 bits per heavy atom. The fourth-order valence-corrected chi connectivity index (χ4v) is 1.27. The van der Waals surface area contributed by atoms with Gasteiger partial charge in [-0.3, -0.25) is 0 Å². The van der Waals surface area contributed by atoms with Crippen molar-refractivity contribution in [2.24, 2.45) is 0 Å². The first-order chi connectivity index (χ1) is 5.06. The van der Waals surface area contributed by atoms with Gasteiger partial charge in [0.2, 0.25) is 0 Å². The SMILES string of the molecule is CS(=O)(=O)CCC=CCCCl. The predicted octanol–water partition coefficient (Wildman–Crippen LogP) is 1.61. The average molecular weight is 197 g/mol. The molecule has 0 radical (unpaired) electrons. The lowest BCUT2D eigenvalue weighted by Gasteiger charge is -1.90. The lowest BCUT2D eigenvalue weighted by Crippen LogP contribution is -2.00. The lowest BCUT2D eigenvalue weighted by atomic mass is 10.3. The molecule has 0 aliphatic rings. The maximum absolute atomic E-state index is 10.6. The summed E-state index contributed by atoms with van der Waals surface area (Å²) in [4.78, 5) is 0. The number of allylic oxidation sites excluding steroid dienone is 2. The third-order valence-corrected chi connectivity index (χ3v) is 2.29. The van der Waals surface area contributed by atoms with Gasteiger partial charge in [-0.25, -0.2) is 8.42 Å². The molecule has 0 unspecified atom stereocenters. The summed E-state index contributed by atoms with van der Waals surface area (Å²) < 4.78 is 21.2. The van der Waals surface area contributed by atoms with Gasteiger partial charge in [-0.2, -0.15) is 0 Å². The monoisotopic (exact) mass is 196 g/mol. The van der Waals surface area contributed by atoms with Crippen molar-refractivity contribution in [2.75, 3.05) is 17.9 Å². The van der Waals surface area contributed by atoms with Crippen molar-refractivity contribution in [3.05, 3.63) is 12.2 Å². The number of rotatable bonds is 5. The highest BCUT2D eigenvalue weighted by atomic mass is 35.5. The van der Waals surface area contributed by atoms with Crippen LogP contribution in [0.25, 0.3) is 0 Å². The molecule has 11 heavy (non-hydrogen) atoms. The van der Waals surface area contributed by atoms with E-state index in [9.17, 15) is 8.42 Å². The van der Waals surface area contributed by atoms with Crippen molar-refractivity contribution in [3.63, 3.8) is 0 Å². The summed E-state index contributed by atoms with van der Waals surface area (Å²) in [5, 5.41) is 0. The Hall–Kier alpha value is -0.0200. The molecular formula is C7H13ClO2S. The van der Waals surface area contributed by atoms with Crippen molar-refractivity contribution < 1.29 is 8.42 Å². The number of halogens is 1. The van der Waals surface area contributed by atoms with E-state index in [1.165, 1.54) is 6.26 Å². The molecule has 0 spiro atoms. The van der Waals surface area contributed by atoms with Crippen LogP contribution in [-0.4, -0.2) is 26.3 Å². The Labute approximate surface area is 73.2 Å². The van der Waals surface area contributed by atoms with Crippen molar-refractivity contribution in [1.82, 2.24) is 0 Å². The van der Waals surface area contributed by atoms with Crippen LogP contribution >= 0.6 is 11.6 Å². The van der Waals surface area contributed by atoms with Gasteiger partial charge in [0.05, 0.1) is 5.75 Å². The highest BCUT2D eigenvalue weighted by Gasteiger charge is 1.97. The van der Waals surface area contributed by atoms with Gasteiger partial charge in [0.1, 0.15) is 9.84 Å². The zero-order chi connectivity index (χ0) is 8.74. The molecule has 0 amide bonds. The fourth-order valence-electron chi connectivity index (χ4n) is 0.581. The Morgan fingerprint density at radius 2 is 1.82 bits per heavy atom. The van der Waals surface area contributed by atoms with Crippen molar-refractivity contribution in [1.29, 1.82) is 0 Å². The van der Waals surface area contributed by atoms with Gasteiger partial charge >= 0.3 is 0 Å². The molecule has 0 N–H and O–H groups in total. The molecule has 66 valence electrons. The topological polar surface area (TPSA) is 34.1 Å². The normalized spacial score (nSPS) is 12.5. The molecule has 0 aromatic rings. The molecule has 0 atom stereocenters. The van der Waals surface area contributed by atoms with Gasteiger partial charge in [-0.15, -0.1) is 11.6 Å². The second kappa shape index (κ2) is 5.61. The number of hydrogen-bond acceptors (Lipinski definition) is 2. The summed E-state index contributed by atoms with van der Waals surface area (Å²) in [5.74, 6) is 0.821. The minimum Gasteiger partial charge on any atom is -0.229 e. The van der Waals surface area contributed by atoms with Crippen LogP contribution in [0.5, 0.6) is 0 Å². The molecule has 0 aromatic heterocycles. The Bertz CT molecular complexity index is 206. The molecule has 0 aliphatic carbocycles. The van der Waals surface area contributed by atoms with Gasteiger partial charge in [0, 0.05) is 12.1 Å². The Balaban J connectivity index is 3.42. The maximum atomic E-state index is 10.6. The Morgan fingerprint density at radius 3 is 2.27 bits per heavy atom. The van der Waals surface area contributed by atoms with Gasteiger partial charge in [0.25, 0.3) is 0 Å². The predicted molar refractivity (Wildman–Crippen MR) is 48.8 cm³/mol. The molecular weight excluding hydrogens is 184 g/mol. The first-order valence-corrected chi connectivity index (χ1v) is 6.04. The lowest BCUT2D eigenvalue weighted by molar-refractivity contribution is 0.601. The second-order valence-electron chi connectivity index (χ2n) is 2.37. The quantitative estimate of drug-likeness (QED) is 0.495. The molecule has 0 heterocycles. The number of alkyl halides is 1. The number of hydrogen-bond donors (Lipinski definition) is 0. The maximum Gasteiger partial charge on any atom is 0.147 e. The van der Waals surface area contributed by atoms with E-state index in [1.54, 1.807) is 0 Å². The van der Waals surface area contributed by atoms with E-state index in [0.717, 1.165) is 6.42 Å². The zero-order valence-electron chi connectivity index (χ0n) is 6.59. The summed E-state index contributed by atoms with van der Waals surface area (Å²) >= 11 is 5.40. The molecule has 0 aromatic carbocycles. The van der Waals surface area contributed by atoms with E-state index in [1.807, 2.05) is 12.2 Å². The smallest absolute Gasteiger partial charge is 0.147 e. The van der Waals surface area contributed by atoms with E-state index in [-0.39, 0.29) is 5.75 Å². The highest BCUT2D eigenvalue weighted by Crippen LogP contribution is 1.93. The van der Waals surface area contributed by atoms with Crippen molar-refractivity contribution >= 4 is 21.4 Å². The average Bonchev–Trinajstić information content (AvgIpc) is 1.85. The summed E-state index contributed by atoms with van der Waals surface area (Å²) in [5.41, 5.74) is 0. The fraction of sp³-hybridized carbons (Fsp3) is 0.714. The van der Waals surface area contributed by atoms with E-state index in [0.29, 0.717) is 12.3 Å². The summed E-state index contributed by atoms with van der Waals surface area (Å²) in [6.45, 7) is 0. The van der Waals surface area contributed by atoms with Crippen LogP contribution in [0.4, 0.5) is 0 Å². The molecule has 0 bridgehead atoms. The minimum absolute atomic E-state index is 0.228. The van der Waals surface area contributed by atoms with Crippen LogP contribution in [0.1, 0.15) is 12.8 Å². The number of sulfone groups is 1. The minimum atomic E-state index is -2.80. The van der Waals surface area contributed by atoms with Crippen molar-refractivity contribution in [2.45, 2.75) is 12.8 Å². The standard InChI is InChI=1S/C7H13ClO2S/c1-11(9,10)7-5-3-2-4-6-8/h2-3H,4-7H2,1H3. The van der Waals surface area contributed by atoms with Crippen LogP contribution < -0.4 is 0 Å². The zero-order valence-corrected chi connectivity index (χ0v) is 8.16. The van der Waals surface area contributed by atoms with Crippen LogP contribution in [0, 0.1) is 0 Å². The van der Waals surface area contributed by atoms with E-state index >= 15 is 0 Å². The van der Waals surface area contributed by atoms with Gasteiger partial charge in [-0.05, 0) is 12.8 Å². The van der Waals surface area contributed by atoms with Crippen LogP contribution in [0.2, 0.25) is 0 Å². The summed E-state index contributed by atoms with van der Waals surface area (Å²) in [6.07, 6.45) is 6.39. The van der Waals surface area contributed by atoms with Gasteiger partial charge in [0.15, 0.2) is 0 Å². The third-order valence-electron chi connectivity index (χ3n) is 1.10. The molecule has 0 saturated heterocycles. The first-order valence-electron chi connectivity index (χ1n) is 3.45. The van der Waals surface area contributed by atoms with E-state index in [4.69, 9.17) is 11.6 Å².